The van der Waals surface area contributed by atoms with Crippen LogP contribution in [0.25, 0.3) is 28.1 Å². The summed E-state index contributed by atoms with van der Waals surface area (Å²) in [7, 11) is 0. The maximum atomic E-state index is 12.5. The summed E-state index contributed by atoms with van der Waals surface area (Å²) in [5.41, 5.74) is 12.2. The lowest BCUT2D eigenvalue weighted by molar-refractivity contribution is 0.0292. The molecule has 1 aliphatic carbocycles. The molecule has 3 heterocycles. The number of aromatic nitrogens is 3. The molecule has 2 fully saturated rings. The lowest BCUT2D eigenvalue weighted by Crippen LogP contribution is -2.35. The van der Waals surface area contributed by atoms with Gasteiger partial charge in [0.15, 0.2) is 0 Å². The Labute approximate surface area is 217 Å². The third-order valence-electron chi connectivity index (χ3n) is 7.27. The van der Waals surface area contributed by atoms with Crippen LogP contribution >= 0.6 is 0 Å². The molecule has 0 radical (unpaired) electrons. The average molecular weight is 496 g/mol. The van der Waals surface area contributed by atoms with Crippen molar-refractivity contribution in [1.29, 1.82) is 0 Å². The fraction of sp³-hybridized carbons (Fsp3) is 0.367. The van der Waals surface area contributed by atoms with Gasteiger partial charge in [0.25, 0.3) is 0 Å². The van der Waals surface area contributed by atoms with Crippen molar-refractivity contribution in [3.05, 3.63) is 71.9 Å². The number of nitrogens with zero attached hydrogens (tertiary/aromatic N) is 4. The Balaban J connectivity index is 1.34. The van der Waals surface area contributed by atoms with Crippen LogP contribution in [0.3, 0.4) is 0 Å². The topological polar surface area (TPSA) is 86.3 Å². The fourth-order valence-corrected chi connectivity index (χ4v) is 5.23. The number of nitrogen functional groups attached to an aromatic ring is 1. The van der Waals surface area contributed by atoms with Crippen LogP contribution in [0.5, 0.6) is 0 Å². The number of amides is 1. The summed E-state index contributed by atoms with van der Waals surface area (Å²) in [4.78, 5) is 23.6. The van der Waals surface area contributed by atoms with E-state index in [4.69, 9.17) is 15.5 Å². The summed E-state index contributed by atoms with van der Waals surface area (Å²) < 4.78 is 7.77. The summed E-state index contributed by atoms with van der Waals surface area (Å²) in [5.74, 6) is 2.19. The van der Waals surface area contributed by atoms with Gasteiger partial charge in [-0.2, -0.15) is 0 Å². The van der Waals surface area contributed by atoms with Crippen molar-refractivity contribution in [2.75, 3.05) is 18.8 Å². The van der Waals surface area contributed by atoms with Gasteiger partial charge in [-0.3, -0.25) is 4.57 Å². The molecule has 0 bridgehead atoms. The van der Waals surface area contributed by atoms with E-state index < -0.39 is 5.60 Å². The molecule has 7 nitrogen and oxygen atoms in total. The van der Waals surface area contributed by atoms with Gasteiger partial charge in [-0.15, -0.1) is 0 Å². The van der Waals surface area contributed by atoms with Crippen LogP contribution in [-0.4, -0.2) is 44.2 Å². The van der Waals surface area contributed by atoms with Crippen LogP contribution in [0.2, 0.25) is 0 Å². The molecule has 1 amide bonds. The molecule has 1 unspecified atom stereocenters. The van der Waals surface area contributed by atoms with Crippen LogP contribution in [0.1, 0.15) is 63.0 Å². The van der Waals surface area contributed by atoms with Crippen LogP contribution < -0.4 is 5.73 Å². The molecule has 1 saturated carbocycles. The Bertz CT molecular complexity index is 1460. The molecule has 0 spiro atoms. The van der Waals surface area contributed by atoms with Crippen LogP contribution in [0.15, 0.2) is 60.8 Å². The van der Waals surface area contributed by atoms with Gasteiger partial charge in [0, 0.05) is 30.9 Å². The minimum absolute atomic E-state index is 0.235. The van der Waals surface area contributed by atoms with Gasteiger partial charge in [0.2, 0.25) is 0 Å². The number of nitrogens with two attached hydrogens (primary N) is 1. The molecule has 1 atom stereocenters. The lowest BCUT2D eigenvalue weighted by Gasteiger charge is -2.24. The second-order valence-electron chi connectivity index (χ2n) is 11.2. The molecular formula is C30H33N5O2. The van der Waals surface area contributed by atoms with Crippen molar-refractivity contribution in [3.8, 4) is 17.1 Å². The first-order valence-corrected chi connectivity index (χ1v) is 13.1. The van der Waals surface area contributed by atoms with E-state index >= 15 is 0 Å². The number of rotatable bonds is 4. The van der Waals surface area contributed by atoms with Crippen LogP contribution in [0, 0.1) is 0 Å². The Hall–Kier alpha value is -3.87. The fourth-order valence-electron chi connectivity index (χ4n) is 5.23. The van der Waals surface area contributed by atoms with Crippen molar-refractivity contribution in [2.24, 2.45) is 0 Å². The predicted molar refractivity (Wildman–Crippen MR) is 146 cm³/mol. The number of benzene rings is 2. The minimum atomic E-state index is -0.487. The van der Waals surface area contributed by atoms with E-state index in [2.05, 4.69) is 52.0 Å². The zero-order valence-corrected chi connectivity index (χ0v) is 21.6. The zero-order valence-electron chi connectivity index (χ0n) is 21.6. The number of hydrogen-bond donors (Lipinski definition) is 1. The summed E-state index contributed by atoms with van der Waals surface area (Å²) in [6.07, 6.45) is 4.89. The highest BCUT2D eigenvalue weighted by Crippen LogP contribution is 2.42. The number of fused-ring (bicyclic) bond motifs is 1. The molecule has 7 heteroatoms. The summed E-state index contributed by atoms with van der Waals surface area (Å²) in [5, 5.41) is 0. The van der Waals surface area contributed by atoms with Gasteiger partial charge in [-0.25, -0.2) is 14.8 Å². The Morgan fingerprint density at radius 3 is 2.46 bits per heavy atom. The van der Waals surface area contributed by atoms with Crippen molar-refractivity contribution in [2.45, 2.75) is 57.5 Å². The van der Waals surface area contributed by atoms with Gasteiger partial charge in [-0.1, -0.05) is 18.2 Å². The first-order chi connectivity index (χ1) is 17.8. The largest absolute Gasteiger partial charge is 0.444 e. The van der Waals surface area contributed by atoms with E-state index in [0.29, 0.717) is 24.8 Å². The Kier molecular flexibility index (Phi) is 5.66. The molecule has 190 valence electrons. The first kappa shape index (κ1) is 23.5. The normalized spacial score (nSPS) is 17.9. The molecule has 1 aliphatic heterocycles. The maximum absolute atomic E-state index is 12.5. The summed E-state index contributed by atoms with van der Waals surface area (Å²) in [6, 6.07) is 19.1. The third-order valence-corrected chi connectivity index (χ3v) is 7.27. The van der Waals surface area contributed by atoms with Gasteiger partial charge in [-0.05, 0) is 93.5 Å². The van der Waals surface area contributed by atoms with E-state index in [0.717, 1.165) is 34.5 Å². The van der Waals surface area contributed by atoms with Gasteiger partial charge < -0.3 is 15.4 Å². The molecule has 4 aromatic rings. The molecule has 2 aliphatic rings. The van der Waals surface area contributed by atoms with Crippen molar-refractivity contribution >= 4 is 22.9 Å². The zero-order chi connectivity index (χ0) is 25.7. The highest BCUT2D eigenvalue weighted by molar-refractivity contribution is 5.86. The van der Waals surface area contributed by atoms with Crippen molar-refractivity contribution < 1.29 is 9.53 Å². The van der Waals surface area contributed by atoms with Crippen molar-refractivity contribution in [1.82, 2.24) is 19.4 Å². The van der Waals surface area contributed by atoms with Crippen LogP contribution in [-0.2, 0) is 4.74 Å². The van der Waals surface area contributed by atoms with E-state index in [-0.39, 0.29) is 12.0 Å². The van der Waals surface area contributed by atoms with Crippen molar-refractivity contribution in [3.63, 3.8) is 0 Å². The monoisotopic (exact) mass is 495 g/mol. The Morgan fingerprint density at radius 2 is 1.76 bits per heavy atom. The standard InChI is InChI=1S/C30H33N5O2/c1-30(2,3)37-29(36)34-16-14-22(18-34)20-8-11-23(12-9-20)35-26-17-21(19-6-7-19)10-13-25(26)33-28(35)24-5-4-15-32-27(24)31/h4-5,8-13,15,17,19,22H,6-7,14,16,18H2,1-3H3,(H2,31,32). The number of carbonyl (C=O) groups excluding carboxylic acids is 1. The molecule has 1 saturated heterocycles. The molecule has 2 aromatic heterocycles. The number of carbonyl (C=O) groups is 1. The second-order valence-corrected chi connectivity index (χ2v) is 11.2. The van der Waals surface area contributed by atoms with E-state index in [1.54, 1.807) is 6.20 Å². The van der Waals surface area contributed by atoms with Gasteiger partial charge >= 0.3 is 6.09 Å². The minimum Gasteiger partial charge on any atom is -0.444 e. The second kappa shape index (κ2) is 8.91. The number of hydrogen-bond acceptors (Lipinski definition) is 5. The summed E-state index contributed by atoms with van der Waals surface area (Å²) in [6.45, 7) is 7.08. The highest BCUT2D eigenvalue weighted by atomic mass is 16.6. The smallest absolute Gasteiger partial charge is 0.410 e. The molecule has 2 aromatic carbocycles. The summed E-state index contributed by atoms with van der Waals surface area (Å²) >= 11 is 0. The van der Waals surface area contributed by atoms with Gasteiger partial charge in [0.1, 0.15) is 17.2 Å². The third kappa shape index (κ3) is 4.66. The number of imidazole rings is 1. The maximum Gasteiger partial charge on any atom is 0.410 e. The quantitative estimate of drug-likeness (QED) is 0.360. The number of ether oxygens (including phenoxy) is 1. The van der Waals surface area contributed by atoms with E-state index in [9.17, 15) is 4.79 Å². The molecular weight excluding hydrogens is 462 g/mol. The van der Waals surface area contributed by atoms with Gasteiger partial charge in [0.05, 0.1) is 16.6 Å². The lowest BCUT2D eigenvalue weighted by atomic mass is 9.98. The molecule has 6 rings (SSSR count). The molecule has 2 N–H and O–H groups in total. The number of likely N-dealkylation sites (tertiary alicyclic amines) is 1. The average Bonchev–Trinajstić information content (AvgIpc) is 3.47. The SMILES string of the molecule is CC(C)(C)OC(=O)N1CCC(c2ccc(-n3c(-c4cccnc4N)nc4ccc(C5CC5)cc43)cc2)C1. The van der Waals surface area contributed by atoms with E-state index in [1.165, 1.54) is 24.0 Å². The predicted octanol–water partition coefficient (Wildman–Crippen LogP) is 6.27. The Morgan fingerprint density at radius 1 is 1.00 bits per heavy atom. The first-order valence-electron chi connectivity index (χ1n) is 13.1. The van der Waals surface area contributed by atoms with E-state index in [1.807, 2.05) is 37.8 Å². The molecule has 37 heavy (non-hydrogen) atoms. The highest BCUT2D eigenvalue weighted by Gasteiger charge is 2.31. The number of anilines is 1. The number of pyridine rings is 1. The van der Waals surface area contributed by atoms with Crippen LogP contribution in [0.4, 0.5) is 10.6 Å².